The van der Waals surface area contributed by atoms with Crippen molar-refractivity contribution in [1.82, 2.24) is 4.37 Å². The third-order valence-electron chi connectivity index (χ3n) is 2.82. The zero-order valence-corrected chi connectivity index (χ0v) is 13.1. The van der Waals surface area contributed by atoms with Gasteiger partial charge in [-0.25, -0.2) is 4.79 Å². The molecule has 104 valence electrons. The van der Waals surface area contributed by atoms with Crippen LogP contribution in [0.5, 0.6) is 0 Å². The van der Waals surface area contributed by atoms with E-state index in [2.05, 4.69) is 25.6 Å². The maximum atomic E-state index is 12.2. The second kappa shape index (κ2) is 5.72. The van der Waals surface area contributed by atoms with Crippen molar-refractivity contribution in [2.24, 2.45) is 0 Å². The molecule has 0 aliphatic rings. The number of aromatic nitrogens is 1. The smallest absolute Gasteiger partial charge is 0.340 e. The van der Waals surface area contributed by atoms with Gasteiger partial charge in [0.15, 0.2) is 0 Å². The normalized spacial score (nSPS) is 10.3. The Hall–Kier alpha value is -1.73. The molecule has 1 amide bonds. The highest BCUT2D eigenvalue weighted by molar-refractivity contribution is 9.10. The molecule has 0 spiro atoms. The van der Waals surface area contributed by atoms with Gasteiger partial charge in [-0.3, -0.25) is 4.79 Å². The first-order chi connectivity index (χ1) is 9.41. The summed E-state index contributed by atoms with van der Waals surface area (Å²) < 4.78 is 4.78. The van der Waals surface area contributed by atoms with Crippen molar-refractivity contribution in [3.63, 3.8) is 0 Å². The molecular formula is C13H11BrN2O3S. The van der Waals surface area contributed by atoms with Crippen molar-refractivity contribution in [3.05, 3.63) is 45.1 Å². The Balaban J connectivity index is 2.33. The molecule has 2 rings (SSSR count). The first-order valence-corrected chi connectivity index (χ1v) is 7.24. The van der Waals surface area contributed by atoms with Crippen LogP contribution in [0.3, 0.4) is 0 Å². The van der Waals surface area contributed by atoms with Gasteiger partial charge in [-0.1, -0.05) is 22.0 Å². The van der Waals surface area contributed by atoms with Gasteiger partial charge < -0.3 is 10.4 Å². The van der Waals surface area contributed by atoms with Crippen LogP contribution in [0.15, 0.2) is 22.7 Å². The topological polar surface area (TPSA) is 79.3 Å². The van der Waals surface area contributed by atoms with E-state index in [9.17, 15) is 9.59 Å². The fourth-order valence-electron chi connectivity index (χ4n) is 1.73. The first-order valence-electron chi connectivity index (χ1n) is 5.68. The third-order valence-corrected chi connectivity index (χ3v) is 4.53. The standard InChI is InChI=1S/C13H11BrN2O3S/c1-6-8(4-3-5-9(6)14)11(17)15-12-10(13(18)19)7(2)16-20-12/h3-5H,1-2H3,(H,15,17)(H,18,19). The zero-order valence-electron chi connectivity index (χ0n) is 10.7. The molecule has 0 bridgehead atoms. The van der Waals surface area contributed by atoms with Gasteiger partial charge in [-0.15, -0.1) is 0 Å². The summed E-state index contributed by atoms with van der Waals surface area (Å²) in [5.74, 6) is -1.45. The van der Waals surface area contributed by atoms with E-state index >= 15 is 0 Å². The van der Waals surface area contributed by atoms with Crippen LogP contribution in [0, 0.1) is 13.8 Å². The summed E-state index contributed by atoms with van der Waals surface area (Å²) in [6.45, 7) is 3.41. The van der Waals surface area contributed by atoms with Gasteiger partial charge in [-0.05, 0) is 43.1 Å². The van der Waals surface area contributed by atoms with Gasteiger partial charge in [0.25, 0.3) is 5.91 Å². The Bertz CT molecular complexity index is 697. The van der Waals surface area contributed by atoms with Gasteiger partial charge in [0.05, 0.1) is 5.69 Å². The molecule has 0 radical (unpaired) electrons. The molecule has 1 heterocycles. The summed E-state index contributed by atoms with van der Waals surface area (Å²) in [5.41, 5.74) is 1.71. The van der Waals surface area contributed by atoms with Crippen LogP contribution in [-0.2, 0) is 0 Å². The molecule has 5 nitrogen and oxygen atoms in total. The van der Waals surface area contributed by atoms with Gasteiger partial charge in [0.2, 0.25) is 0 Å². The lowest BCUT2D eigenvalue weighted by molar-refractivity contribution is 0.0697. The molecule has 0 saturated carbocycles. The number of nitrogens with one attached hydrogen (secondary N) is 1. The molecule has 0 atom stereocenters. The minimum atomic E-state index is -1.10. The second-order valence-electron chi connectivity index (χ2n) is 4.14. The number of amides is 1. The lowest BCUT2D eigenvalue weighted by Crippen LogP contribution is -2.15. The van der Waals surface area contributed by atoms with Crippen LogP contribution < -0.4 is 5.32 Å². The molecule has 1 aromatic heterocycles. The number of benzene rings is 1. The quantitative estimate of drug-likeness (QED) is 0.884. The van der Waals surface area contributed by atoms with Crippen molar-refractivity contribution in [2.45, 2.75) is 13.8 Å². The molecule has 0 fully saturated rings. The number of hydrogen-bond acceptors (Lipinski definition) is 4. The van der Waals surface area contributed by atoms with Gasteiger partial charge >= 0.3 is 5.97 Å². The van der Waals surface area contributed by atoms with Crippen molar-refractivity contribution < 1.29 is 14.7 Å². The highest BCUT2D eigenvalue weighted by Gasteiger charge is 2.20. The van der Waals surface area contributed by atoms with E-state index in [1.54, 1.807) is 19.1 Å². The number of nitrogens with zero attached hydrogens (tertiary/aromatic N) is 1. The summed E-state index contributed by atoms with van der Waals surface area (Å²) >= 11 is 4.32. The highest BCUT2D eigenvalue weighted by Crippen LogP contribution is 2.26. The molecule has 2 aromatic rings. The van der Waals surface area contributed by atoms with Crippen LogP contribution in [0.25, 0.3) is 0 Å². The molecule has 2 N–H and O–H groups in total. The van der Waals surface area contributed by atoms with Crippen LogP contribution in [0.2, 0.25) is 0 Å². The fraction of sp³-hybridized carbons (Fsp3) is 0.154. The summed E-state index contributed by atoms with van der Waals surface area (Å²) in [4.78, 5) is 23.4. The number of carbonyl (C=O) groups excluding carboxylic acids is 1. The maximum Gasteiger partial charge on any atom is 0.340 e. The third kappa shape index (κ3) is 2.73. The number of carboxylic acids is 1. The molecule has 0 aliphatic heterocycles. The van der Waals surface area contributed by atoms with E-state index in [1.807, 2.05) is 13.0 Å². The number of halogens is 1. The van der Waals surface area contributed by atoms with E-state index in [0.29, 0.717) is 11.3 Å². The summed E-state index contributed by atoms with van der Waals surface area (Å²) in [6, 6.07) is 5.28. The first kappa shape index (κ1) is 14.7. The van der Waals surface area contributed by atoms with Crippen LogP contribution in [0.1, 0.15) is 32.0 Å². The van der Waals surface area contributed by atoms with Crippen molar-refractivity contribution in [1.29, 1.82) is 0 Å². The maximum absolute atomic E-state index is 12.2. The van der Waals surface area contributed by atoms with E-state index in [1.165, 1.54) is 0 Å². The number of carboxylic acid groups (broad SMARTS) is 1. The molecule has 0 aliphatic carbocycles. The average molecular weight is 355 g/mol. The van der Waals surface area contributed by atoms with Gasteiger partial charge in [0, 0.05) is 10.0 Å². The molecule has 20 heavy (non-hydrogen) atoms. The Morgan fingerprint density at radius 1 is 1.35 bits per heavy atom. The number of aromatic carboxylic acids is 1. The summed E-state index contributed by atoms with van der Waals surface area (Å²) in [6.07, 6.45) is 0. The molecule has 0 unspecified atom stereocenters. The molecule has 7 heteroatoms. The van der Waals surface area contributed by atoms with Crippen molar-refractivity contribution in [3.8, 4) is 0 Å². The van der Waals surface area contributed by atoms with E-state index in [-0.39, 0.29) is 16.5 Å². The molecule has 1 aromatic carbocycles. The number of anilines is 1. The van der Waals surface area contributed by atoms with E-state index in [0.717, 1.165) is 21.6 Å². The van der Waals surface area contributed by atoms with Gasteiger partial charge in [-0.2, -0.15) is 4.37 Å². The summed E-state index contributed by atoms with van der Waals surface area (Å²) in [5, 5.41) is 12.0. The molecular weight excluding hydrogens is 344 g/mol. The van der Waals surface area contributed by atoms with Crippen molar-refractivity contribution >= 4 is 44.3 Å². The SMILES string of the molecule is Cc1nsc(NC(=O)c2cccc(Br)c2C)c1C(=O)O. The minimum Gasteiger partial charge on any atom is -0.478 e. The zero-order chi connectivity index (χ0) is 14.9. The van der Waals surface area contributed by atoms with Gasteiger partial charge in [0.1, 0.15) is 10.6 Å². The lowest BCUT2D eigenvalue weighted by atomic mass is 10.1. The Morgan fingerprint density at radius 2 is 2.05 bits per heavy atom. The Kier molecular flexibility index (Phi) is 4.20. The number of hydrogen-bond donors (Lipinski definition) is 2. The van der Waals surface area contributed by atoms with Crippen LogP contribution in [0.4, 0.5) is 5.00 Å². The van der Waals surface area contributed by atoms with E-state index < -0.39 is 5.97 Å². The lowest BCUT2D eigenvalue weighted by Gasteiger charge is -2.08. The Morgan fingerprint density at radius 3 is 2.70 bits per heavy atom. The largest absolute Gasteiger partial charge is 0.478 e. The molecule has 0 saturated heterocycles. The van der Waals surface area contributed by atoms with E-state index in [4.69, 9.17) is 5.11 Å². The predicted octanol–water partition coefficient (Wildman–Crippen LogP) is 3.47. The Labute approximate surface area is 127 Å². The number of carbonyl (C=O) groups is 2. The highest BCUT2D eigenvalue weighted by atomic mass is 79.9. The van der Waals surface area contributed by atoms with Crippen molar-refractivity contribution in [2.75, 3.05) is 5.32 Å². The monoisotopic (exact) mass is 354 g/mol. The minimum absolute atomic E-state index is 0.0380. The fourth-order valence-corrected chi connectivity index (χ4v) is 2.88. The second-order valence-corrected chi connectivity index (χ2v) is 5.77. The average Bonchev–Trinajstić information content (AvgIpc) is 2.73. The summed E-state index contributed by atoms with van der Waals surface area (Å²) in [7, 11) is 0. The van der Waals surface area contributed by atoms with Crippen LogP contribution in [-0.4, -0.2) is 21.4 Å². The predicted molar refractivity (Wildman–Crippen MR) is 80.6 cm³/mol. The number of rotatable bonds is 3. The number of aryl methyl sites for hydroxylation is 1. The van der Waals surface area contributed by atoms with Crippen LogP contribution >= 0.6 is 27.5 Å².